The summed E-state index contributed by atoms with van der Waals surface area (Å²) in [6, 6.07) is 38.0. The van der Waals surface area contributed by atoms with Gasteiger partial charge in [-0.2, -0.15) is 15.0 Å². The van der Waals surface area contributed by atoms with Gasteiger partial charge in [-0.1, -0.05) is 79.7 Å². The Morgan fingerprint density at radius 2 is 0.735 bits per heavy atom. The van der Waals surface area contributed by atoms with Gasteiger partial charge in [0.15, 0.2) is 18.7 Å². The average Bonchev–Trinajstić information content (AvgIpc) is 3.61. The van der Waals surface area contributed by atoms with Crippen molar-refractivity contribution in [3.8, 4) is 0 Å². The summed E-state index contributed by atoms with van der Waals surface area (Å²) < 4.78 is 24.7. The van der Waals surface area contributed by atoms with Crippen molar-refractivity contribution in [2.75, 3.05) is 35.8 Å². The summed E-state index contributed by atoms with van der Waals surface area (Å²) in [5.74, 6) is -1.96. The molecule has 0 bridgehead atoms. The normalized spacial score (nSPS) is 24.7. The van der Waals surface area contributed by atoms with Crippen LogP contribution >= 0.6 is 0 Å². The highest BCUT2D eigenvalue weighted by atomic mass is 16.6. The van der Waals surface area contributed by atoms with Gasteiger partial charge in [0.2, 0.25) is 0 Å². The van der Waals surface area contributed by atoms with Gasteiger partial charge in [0.05, 0.1) is 25.4 Å². The fourth-order valence-corrected chi connectivity index (χ4v) is 8.57. The van der Waals surface area contributed by atoms with Gasteiger partial charge < -0.3 is 70.6 Å². The predicted molar refractivity (Wildman–Crippen MR) is 291 cm³/mol. The molecule has 0 radical (unpaired) electrons. The van der Waals surface area contributed by atoms with Gasteiger partial charge in [-0.15, -0.1) is 0 Å². The molecule has 27 heteroatoms. The number of amides is 3. The second-order valence-corrected chi connectivity index (χ2v) is 18.9. The minimum atomic E-state index is -1.49. The Morgan fingerprint density at radius 1 is 0.434 bits per heavy atom. The minimum absolute atomic E-state index is 0.0426. The molecule has 0 spiro atoms. The molecule has 3 aliphatic heterocycles. The number of rotatable bonds is 11. The lowest BCUT2D eigenvalue weighted by Crippen LogP contribution is -2.52. The maximum atomic E-state index is 12.6. The van der Waals surface area contributed by atoms with Crippen LogP contribution in [0.4, 0.5) is 17.5 Å². The zero-order valence-corrected chi connectivity index (χ0v) is 43.9. The Kier molecular flexibility index (Phi) is 20.0. The van der Waals surface area contributed by atoms with Gasteiger partial charge in [0.25, 0.3) is 17.7 Å². The van der Waals surface area contributed by atoms with Crippen LogP contribution in [0.15, 0.2) is 173 Å². The number of hydrogen-bond donors (Lipinski definition) is 10. The van der Waals surface area contributed by atoms with Crippen LogP contribution in [0.5, 0.6) is 0 Å². The number of carbonyl (C=O) groups is 4. The summed E-state index contributed by atoms with van der Waals surface area (Å²) in [5, 5.41) is 76.6. The van der Waals surface area contributed by atoms with Crippen LogP contribution in [0, 0.1) is 5.92 Å². The number of anilines is 3. The van der Waals surface area contributed by atoms with Crippen molar-refractivity contribution in [3.05, 3.63) is 212 Å². The summed E-state index contributed by atoms with van der Waals surface area (Å²) in [6.45, 7) is 1.47. The highest BCUT2D eigenvalue weighted by molar-refractivity contribution is 6.04. The Bertz CT molecular complexity index is 3390. The second-order valence-electron chi connectivity index (χ2n) is 18.9. The molecule has 3 aliphatic rings. The van der Waals surface area contributed by atoms with Crippen LogP contribution in [0.2, 0.25) is 0 Å². The number of ether oxygens (including phenoxy) is 4. The summed E-state index contributed by atoms with van der Waals surface area (Å²) in [5.41, 5.74) is -0.679. The second kappa shape index (κ2) is 27.6. The SMILES string of the molecule is CC1COC(n2ccc(NC(=O)c3ccccc3)nc2=O)C(O)C1OC(=O)c1ccccc1.O=C(Nc1ccn(C2OCC(O)C(O)C2O)c(=O)n1)c1ccccc1.O=C(Nc1ccn(C2OCC(O)C(O)C2O)c(=O)n1)c1ccccc1. The zero-order valence-electron chi connectivity index (χ0n) is 43.9. The first-order valence-corrected chi connectivity index (χ1v) is 25.6. The van der Waals surface area contributed by atoms with Crippen LogP contribution in [-0.4, -0.2) is 157 Å². The van der Waals surface area contributed by atoms with Crippen molar-refractivity contribution in [3.63, 3.8) is 0 Å². The molecule has 12 atom stereocenters. The van der Waals surface area contributed by atoms with Crippen LogP contribution < -0.4 is 33.0 Å². The van der Waals surface area contributed by atoms with Crippen molar-refractivity contribution >= 4 is 41.1 Å². The van der Waals surface area contributed by atoms with E-state index in [-0.39, 0.29) is 43.2 Å². The lowest BCUT2D eigenvalue weighted by molar-refractivity contribution is -0.212. The first kappa shape index (κ1) is 60.1. The van der Waals surface area contributed by atoms with E-state index in [9.17, 15) is 69.3 Å². The van der Waals surface area contributed by atoms with Crippen molar-refractivity contribution in [1.82, 2.24) is 28.7 Å². The van der Waals surface area contributed by atoms with Gasteiger partial charge in [-0.05, 0) is 66.7 Å². The molecule has 10 N–H and O–H groups in total. The molecule has 3 amide bonds. The summed E-state index contributed by atoms with van der Waals surface area (Å²) in [7, 11) is 0. The van der Waals surface area contributed by atoms with E-state index in [0.29, 0.717) is 22.3 Å². The summed E-state index contributed by atoms with van der Waals surface area (Å²) >= 11 is 0. The van der Waals surface area contributed by atoms with Gasteiger partial charge in [0, 0.05) is 41.2 Å². The molecule has 83 heavy (non-hydrogen) atoms. The maximum Gasteiger partial charge on any atom is 0.351 e. The third-order valence-corrected chi connectivity index (χ3v) is 13.1. The van der Waals surface area contributed by atoms with E-state index in [1.807, 2.05) is 0 Å². The standard InChI is InChI=1S/C24H23N3O6.2C16H17N3O6/c1-15-14-32-22(19(28)20(15)33-23(30)17-10-6-3-7-11-17)27-13-12-18(26-24(27)31)25-21(29)16-8-4-2-5-9-16;2*20-10-8-25-15(13(22)12(10)21)19-7-6-11(18-16(19)24)17-14(23)9-4-2-1-3-5-9/h2-13,15,19-20,22,28H,14H2,1H3,(H,25,26,29,31);2*1-7,10,12-13,15,20-22H,8H2,(H,17,18,23,24). The predicted octanol–water partition coefficient (Wildman–Crippen LogP) is 0.461. The van der Waals surface area contributed by atoms with E-state index in [0.717, 1.165) is 13.7 Å². The van der Waals surface area contributed by atoms with Crippen molar-refractivity contribution < 1.29 is 73.9 Å². The smallest absolute Gasteiger partial charge is 0.351 e. The molecule has 6 heterocycles. The number of esters is 1. The van der Waals surface area contributed by atoms with Gasteiger partial charge >= 0.3 is 23.0 Å². The topological polar surface area (TPSA) is 388 Å². The van der Waals surface area contributed by atoms with Crippen molar-refractivity contribution in [2.24, 2.45) is 5.92 Å². The molecule has 12 unspecified atom stereocenters. The Labute approximate surface area is 470 Å². The molecular formula is C56H57N9O18. The number of aliphatic hydroxyl groups is 7. The van der Waals surface area contributed by atoms with E-state index >= 15 is 0 Å². The number of hydrogen-bond acceptors (Lipinski definition) is 21. The zero-order chi connectivity index (χ0) is 59.3. The molecule has 3 aromatic heterocycles. The maximum absolute atomic E-state index is 12.6. The minimum Gasteiger partial charge on any atom is -0.455 e. The highest BCUT2D eigenvalue weighted by Gasteiger charge is 2.43. The Hall–Kier alpha value is -9.00. The van der Waals surface area contributed by atoms with Crippen molar-refractivity contribution in [2.45, 2.75) is 74.4 Å². The Morgan fingerprint density at radius 3 is 1.06 bits per heavy atom. The molecule has 4 aromatic carbocycles. The summed E-state index contributed by atoms with van der Waals surface area (Å²) in [4.78, 5) is 97.2. The van der Waals surface area contributed by atoms with Crippen LogP contribution in [0.3, 0.4) is 0 Å². The van der Waals surface area contributed by atoms with Gasteiger partial charge in [0.1, 0.15) is 66.3 Å². The molecule has 3 fully saturated rings. The van der Waals surface area contributed by atoms with Crippen LogP contribution in [-0.2, 0) is 18.9 Å². The van der Waals surface area contributed by atoms with E-state index in [2.05, 4.69) is 30.9 Å². The molecule has 0 aliphatic carbocycles. The van der Waals surface area contributed by atoms with Crippen LogP contribution in [0.25, 0.3) is 0 Å². The quantitative estimate of drug-likeness (QED) is 0.0787. The molecule has 10 rings (SSSR count). The lowest BCUT2D eigenvalue weighted by Gasteiger charge is -2.38. The van der Waals surface area contributed by atoms with Crippen LogP contribution in [0.1, 0.15) is 67.0 Å². The monoisotopic (exact) mass is 1140 g/mol. The third-order valence-electron chi connectivity index (χ3n) is 13.1. The molecule has 0 saturated carbocycles. The largest absolute Gasteiger partial charge is 0.455 e. The van der Waals surface area contributed by atoms with E-state index < -0.39 is 108 Å². The number of aliphatic hydroxyl groups excluding tert-OH is 7. The van der Waals surface area contributed by atoms with E-state index in [1.165, 1.54) is 36.8 Å². The van der Waals surface area contributed by atoms with E-state index in [4.69, 9.17) is 18.9 Å². The fourth-order valence-electron chi connectivity index (χ4n) is 8.57. The first-order valence-electron chi connectivity index (χ1n) is 25.6. The Balaban J connectivity index is 0.000000165. The molecule has 7 aromatic rings. The average molecular weight is 1140 g/mol. The summed E-state index contributed by atoms with van der Waals surface area (Å²) in [6.07, 6.45) is -10.1. The first-order chi connectivity index (χ1) is 39.9. The number of nitrogens with one attached hydrogen (secondary N) is 3. The fraction of sp³-hybridized carbons (Fsp3) is 0.286. The molecule has 27 nitrogen and oxygen atoms in total. The third kappa shape index (κ3) is 14.9. The van der Waals surface area contributed by atoms with Gasteiger partial charge in [-0.3, -0.25) is 28.1 Å². The van der Waals surface area contributed by atoms with Gasteiger partial charge in [-0.25, -0.2) is 19.2 Å². The number of aromatic nitrogens is 6. The molecule has 434 valence electrons. The lowest BCUT2D eigenvalue weighted by atomic mass is 9.96. The number of benzene rings is 4. The number of nitrogens with zero attached hydrogens (tertiary/aromatic N) is 6. The highest BCUT2D eigenvalue weighted by Crippen LogP contribution is 2.30. The molecule has 3 saturated heterocycles. The van der Waals surface area contributed by atoms with E-state index in [1.54, 1.807) is 128 Å². The van der Waals surface area contributed by atoms with Crippen molar-refractivity contribution in [1.29, 1.82) is 0 Å². The molecular weight excluding hydrogens is 1090 g/mol. The number of carbonyl (C=O) groups excluding carboxylic acids is 4.